The minimum Gasteiger partial charge on any atom is -0.298 e. The molecule has 0 spiro atoms. The van der Waals surface area contributed by atoms with E-state index in [0.29, 0.717) is 12.2 Å². The zero-order valence-electron chi connectivity index (χ0n) is 12.6. The lowest BCUT2D eigenvalue weighted by Gasteiger charge is -2.20. The van der Waals surface area contributed by atoms with Gasteiger partial charge in [0.25, 0.3) is 0 Å². The quantitative estimate of drug-likeness (QED) is 0.632. The van der Waals surface area contributed by atoms with Crippen LogP contribution in [0, 0.1) is 0 Å². The van der Waals surface area contributed by atoms with Crippen LogP contribution < -0.4 is 0 Å². The molecule has 0 aliphatic heterocycles. The summed E-state index contributed by atoms with van der Waals surface area (Å²) >= 11 is 3.26. The molecule has 1 fully saturated rings. The topological polar surface area (TPSA) is 42.9 Å². The number of fused-ring (bicyclic) bond motifs is 1. The van der Waals surface area contributed by atoms with E-state index in [9.17, 15) is 4.79 Å². The number of para-hydroxylation sites is 1. The zero-order valence-corrected chi connectivity index (χ0v) is 14.2. The first-order valence-electron chi connectivity index (χ1n) is 7.81. The van der Waals surface area contributed by atoms with Crippen molar-refractivity contribution in [3.63, 3.8) is 0 Å². The van der Waals surface area contributed by atoms with Crippen molar-refractivity contribution in [2.24, 2.45) is 0 Å². The minimum absolute atomic E-state index is 0.0400. The van der Waals surface area contributed by atoms with Gasteiger partial charge in [-0.25, -0.2) is 9.97 Å². The average molecular weight is 340 g/mol. The van der Waals surface area contributed by atoms with Gasteiger partial charge >= 0.3 is 0 Å². The second-order valence-electron chi connectivity index (χ2n) is 5.67. The Labute approximate surface area is 143 Å². The molecule has 1 saturated carbocycles. The van der Waals surface area contributed by atoms with E-state index in [1.807, 2.05) is 41.8 Å². The fourth-order valence-corrected chi connectivity index (χ4v) is 4.76. The highest BCUT2D eigenvalue weighted by molar-refractivity contribution is 8.00. The van der Waals surface area contributed by atoms with Gasteiger partial charge in [-0.3, -0.25) is 4.79 Å². The Hall–Kier alpha value is -1.72. The van der Waals surface area contributed by atoms with E-state index in [1.165, 1.54) is 0 Å². The second kappa shape index (κ2) is 6.42. The summed E-state index contributed by atoms with van der Waals surface area (Å²) in [6.07, 6.45) is 3.82. The van der Waals surface area contributed by atoms with Crippen LogP contribution in [0.25, 0.3) is 21.6 Å². The van der Waals surface area contributed by atoms with Crippen LogP contribution in [0.5, 0.6) is 0 Å². The Morgan fingerprint density at radius 1 is 1.09 bits per heavy atom. The molecule has 0 unspecified atom stereocenters. The van der Waals surface area contributed by atoms with Crippen molar-refractivity contribution in [3.05, 3.63) is 41.8 Å². The van der Waals surface area contributed by atoms with Gasteiger partial charge in [-0.05, 0) is 30.4 Å². The van der Waals surface area contributed by atoms with Gasteiger partial charge in [-0.15, -0.1) is 11.3 Å². The maximum atomic E-state index is 12.2. The number of hydrogen-bond donors (Lipinski definition) is 0. The van der Waals surface area contributed by atoms with E-state index in [-0.39, 0.29) is 5.25 Å². The maximum absolute atomic E-state index is 12.2. The predicted octanol–water partition coefficient (Wildman–Crippen LogP) is 4.96. The number of hydrogen-bond acceptors (Lipinski definition) is 5. The molecule has 0 saturated heterocycles. The van der Waals surface area contributed by atoms with Gasteiger partial charge in [0.2, 0.25) is 0 Å². The molecule has 23 heavy (non-hydrogen) atoms. The van der Waals surface area contributed by atoms with Crippen molar-refractivity contribution in [3.8, 4) is 10.7 Å². The highest BCUT2D eigenvalue weighted by atomic mass is 32.2. The number of rotatable bonds is 3. The van der Waals surface area contributed by atoms with E-state index in [1.54, 1.807) is 23.1 Å². The van der Waals surface area contributed by atoms with Crippen LogP contribution in [-0.2, 0) is 4.79 Å². The highest BCUT2D eigenvalue weighted by Crippen LogP contribution is 2.35. The number of thiophene rings is 1. The summed E-state index contributed by atoms with van der Waals surface area (Å²) in [5.74, 6) is 1.12. The summed E-state index contributed by atoms with van der Waals surface area (Å²) in [5.41, 5.74) is 0.941. The molecular weight excluding hydrogens is 324 g/mol. The lowest BCUT2D eigenvalue weighted by atomic mass is 9.99. The van der Waals surface area contributed by atoms with Crippen LogP contribution in [0.2, 0.25) is 0 Å². The first kappa shape index (κ1) is 14.8. The summed E-state index contributed by atoms with van der Waals surface area (Å²) in [5, 5.41) is 4.04. The zero-order chi connectivity index (χ0) is 15.6. The van der Waals surface area contributed by atoms with E-state index in [2.05, 4.69) is 0 Å². The molecule has 5 heteroatoms. The monoisotopic (exact) mass is 340 g/mol. The van der Waals surface area contributed by atoms with Crippen molar-refractivity contribution < 1.29 is 4.79 Å². The van der Waals surface area contributed by atoms with Crippen LogP contribution in [0.3, 0.4) is 0 Å². The van der Waals surface area contributed by atoms with E-state index >= 15 is 0 Å². The highest BCUT2D eigenvalue weighted by Gasteiger charge is 2.25. The van der Waals surface area contributed by atoms with Crippen LogP contribution >= 0.6 is 23.1 Å². The summed E-state index contributed by atoms with van der Waals surface area (Å²) < 4.78 is 0. The van der Waals surface area contributed by atoms with Gasteiger partial charge in [0.1, 0.15) is 10.8 Å². The molecule has 4 rings (SSSR count). The van der Waals surface area contributed by atoms with Crippen molar-refractivity contribution in [2.45, 2.75) is 36.0 Å². The number of thioether (sulfide) groups is 1. The largest absolute Gasteiger partial charge is 0.298 e. The van der Waals surface area contributed by atoms with Crippen LogP contribution in [0.4, 0.5) is 0 Å². The lowest BCUT2D eigenvalue weighted by molar-refractivity contribution is -0.119. The number of benzene rings is 1. The Balaban J connectivity index is 1.78. The summed E-state index contributed by atoms with van der Waals surface area (Å²) in [7, 11) is 0. The first-order chi connectivity index (χ1) is 11.3. The SMILES string of the molecule is O=C1CCCC[C@H]1Sc1nc(-c2cccs2)nc2ccccc12. The van der Waals surface area contributed by atoms with Gasteiger partial charge in [0, 0.05) is 11.8 Å². The third-order valence-electron chi connectivity index (χ3n) is 4.06. The molecule has 0 N–H and O–H groups in total. The molecule has 1 aliphatic carbocycles. The Morgan fingerprint density at radius 3 is 2.83 bits per heavy atom. The van der Waals surface area contributed by atoms with Gasteiger partial charge in [-0.1, -0.05) is 42.4 Å². The molecule has 1 aliphatic rings. The lowest BCUT2D eigenvalue weighted by Crippen LogP contribution is -2.21. The Morgan fingerprint density at radius 2 is 2.00 bits per heavy atom. The molecule has 1 atom stereocenters. The first-order valence-corrected chi connectivity index (χ1v) is 9.57. The molecule has 1 aromatic carbocycles. The van der Waals surface area contributed by atoms with Crippen molar-refractivity contribution in [1.82, 2.24) is 9.97 Å². The average Bonchev–Trinajstić information content (AvgIpc) is 3.11. The number of carbonyl (C=O) groups excluding carboxylic acids is 1. The minimum atomic E-state index is 0.0400. The number of Topliss-reactive ketones (excluding diaryl/α,β-unsaturated/α-hetero) is 1. The fraction of sp³-hybridized carbons (Fsp3) is 0.278. The van der Waals surface area contributed by atoms with Gasteiger partial charge in [0.05, 0.1) is 15.6 Å². The van der Waals surface area contributed by atoms with E-state index < -0.39 is 0 Å². The van der Waals surface area contributed by atoms with Crippen molar-refractivity contribution >= 4 is 39.8 Å². The van der Waals surface area contributed by atoms with E-state index in [4.69, 9.17) is 9.97 Å². The molecule has 0 radical (unpaired) electrons. The molecule has 3 nitrogen and oxygen atoms in total. The number of ketones is 1. The fourth-order valence-electron chi connectivity index (χ4n) is 2.86. The molecular formula is C18H16N2OS2. The van der Waals surface area contributed by atoms with Gasteiger partial charge < -0.3 is 0 Å². The van der Waals surface area contributed by atoms with Crippen LogP contribution in [0.1, 0.15) is 25.7 Å². The standard InChI is InChI=1S/C18H16N2OS2/c21-14-8-3-4-9-15(14)23-18-12-6-1-2-7-13(12)19-17(20-18)16-10-5-11-22-16/h1-2,5-7,10-11,15H,3-4,8-9H2/t15-/m1/s1. The van der Waals surface area contributed by atoms with Crippen LogP contribution in [-0.4, -0.2) is 21.0 Å². The van der Waals surface area contributed by atoms with Gasteiger partial charge in [-0.2, -0.15) is 0 Å². The van der Waals surface area contributed by atoms with E-state index in [0.717, 1.165) is 45.9 Å². The molecule has 116 valence electrons. The summed E-state index contributed by atoms with van der Waals surface area (Å²) in [6.45, 7) is 0. The molecule has 2 aromatic heterocycles. The van der Waals surface area contributed by atoms with Crippen molar-refractivity contribution in [1.29, 1.82) is 0 Å². The summed E-state index contributed by atoms with van der Waals surface area (Å²) in [6, 6.07) is 12.1. The second-order valence-corrected chi connectivity index (χ2v) is 7.80. The van der Waals surface area contributed by atoms with Crippen LogP contribution in [0.15, 0.2) is 46.8 Å². The molecule has 0 bridgehead atoms. The Bertz CT molecular complexity index is 845. The predicted molar refractivity (Wildman–Crippen MR) is 96.0 cm³/mol. The third kappa shape index (κ3) is 3.03. The smallest absolute Gasteiger partial charge is 0.171 e. The normalized spacial score (nSPS) is 18.4. The number of aromatic nitrogens is 2. The number of carbonyl (C=O) groups is 1. The maximum Gasteiger partial charge on any atom is 0.171 e. The van der Waals surface area contributed by atoms with Gasteiger partial charge in [0.15, 0.2) is 5.82 Å². The molecule has 0 amide bonds. The Kier molecular flexibility index (Phi) is 4.14. The van der Waals surface area contributed by atoms with Crippen molar-refractivity contribution in [2.75, 3.05) is 0 Å². The molecule has 3 aromatic rings. The number of nitrogens with zero attached hydrogens (tertiary/aromatic N) is 2. The molecule has 2 heterocycles. The summed E-state index contributed by atoms with van der Waals surface area (Å²) in [4.78, 5) is 22.7. The third-order valence-corrected chi connectivity index (χ3v) is 6.25.